The van der Waals surface area contributed by atoms with Crippen molar-refractivity contribution in [3.8, 4) is 5.69 Å². The molecule has 1 aliphatic rings. The first-order valence-corrected chi connectivity index (χ1v) is 9.03. The smallest absolute Gasteiger partial charge is 0.278 e. The Morgan fingerprint density at radius 3 is 2.66 bits per heavy atom. The van der Waals surface area contributed by atoms with Crippen LogP contribution in [0, 0.1) is 19.7 Å². The summed E-state index contributed by atoms with van der Waals surface area (Å²) in [5, 5.41) is 25.3. The molecule has 154 valence electrons. The molecule has 0 radical (unpaired) electrons. The second-order valence-electron chi connectivity index (χ2n) is 6.71. The number of aryl methyl sites for hydroxylation is 1. The second-order valence-corrected chi connectivity index (χ2v) is 6.71. The highest BCUT2D eigenvalue weighted by molar-refractivity contribution is 6.03. The first-order chi connectivity index (χ1) is 13.5. The lowest BCUT2D eigenvalue weighted by Crippen LogP contribution is -2.30. The number of anilines is 1. The van der Waals surface area contributed by atoms with Crippen LogP contribution in [0.2, 0.25) is 0 Å². The summed E-state index contributed by atoms with van der Waals surface area (Å²) in [4.78, 5) is 12.7. The lowest BCUT2D eigenvalue weighted by Gasteiger charge is -2.23. The Kier molecular flexibility index (Phi) is 6.18. The molecule has 1 amide bonds. The van der Waals surface area contributed by atoms with Gasteiger partial charge in [-0.15, -0.1) is 22.6 Å². The minimum atomic E-state index is -0.499. The monoisotopic (exact) mass is 421 g/mol. The van der Waals surface area contributed by atoms with Crippen molar-refractivity contribution in [2.75, 3.05) is 18.4 Å². The quantitative estimate of drug-likeness (QED) is 0.657. The van der Waals surface area contributed by atoms with Gasteiger partial charge in [0.1, 0.15) is 11.5 Å². The van der Waals surface area contributed by atoms with Gasteiger partial charge in [0.15, 0.2) is 11.5 Å². The molecule has 0 spiro atoms. The van der Waals surface area contributed by atoms with Gasteiger partial charge in [0.05, 0.1) is 11.7 Å². The molecule has 0 atom stereocenters. The summed E-state index contributed by atoms with van der Waals surface area (Å²) in [6.07, 6.45) is 1.88. The van der Waals surface area contributed by atoms with Crippen molar-refractivity contribution in [1.82, 2.24) is 40.5 Å². The SMILES string of the molecule is Cc1nnnn1-c1cc(NC(=O)c2nnn(C3CCNCC3)c2C)ccc1F.Cl. The number of hydrogen-bond acceptors (Lipinski definition) is 7. The van der Waals surface area contributed by atoms with Crippen LogP contribution in [0.4, 0.5) is 10.1 Å². The number of hydrogen-bond donors (Lipinski definition) is 2. The largest absolute Gasteiger partial charge is 0.320 e. The molecule has 12 heteroatoms. The number of amides is 1. The van der Waals surface area contributed by atoms with E-state index in [1.54, 1.807) is 6.92 Å². The molecular formula is C17H21ClFN9O. The molecule has 0 saturated carbocycles. The number of nitrogens with one attached hydrogen (secondary N) is 2. The normalized spacial score (nSPS) is 14.4. The van der Waals surface area contributed by atoms with Gasteiger partial charge >= 0.3 is 0 Å². The number of benzene rings is 1. The Bertz CT molecular complexity index is 1010. The third-order valence-corrected chi connectivity index (χ3v) is 4.85. The molecule has 1 saturated heterocycles. The van der Waals surface area contributed by atoms with Crippen molar-refractivity contribution in [3.05, 3.63) is 41.2 Å². The molecule has 1 aliphatic heterocycles. The van der Waals surface area contributed by atoms with E-state index in [-0.39, 0.29) is 29.8 Å². The van der Waals surface area contributed by atoms with E-state index < -0.39 is 11.7 Å². The van der Waals surface area contributed by atoms with Crippen LogP contribution in [0.3, 0.4) is 0 Å². The molecule has 0 bridgehead atoms. The molecular weight excluding hydrogens is 401 g/mol. The number of halogens is 2. The summed E-state index contributed by atoms with van der Waals surface area (Å²) in [7, 11) is 0. The number of carbonyl (C=O) groups is 1. The highest BCUT2D eigenvalue weighted by Gasteiger charge is 2.23. The van der Waals surface area contributed by atoms with Gasteiger partial charge in [-0.1, -0.05) is 5.21 Å². The van der Waals surface area contributed by atoms with E-state index in [0.29, 0.717) is 17.2 Å². The summed E-state index contributed by atoms with van der Waals surface area (Å²) in [5.74, 6) is -0.465. The highest BCUT2D eigenvalue weighted by atomic mass is 35.5. The molecule has 3 heterocycles. The van der Waals surface area contributed by atoms with E-state index in [4.69, 9.17) is 0 Å². The van der Waals surface area contributed by atoms with Gasteiger partial charge in [0.2, 0.25) is 0 Å². The van der Waals surface area contributed by atoms with Crippen LogP contribution in [0.5, 0.6) is 0 Å². The summed E-state index contributed by atoms with van der Waals surface area (Å²) in [5.41, 5.74) is 1.52. The Balaban J connectivity index is 0.00000240. The third kappa shape index (κ3) is 4.10. The molecule has 1 fully saturated rings. The van der Waals surface area contributed by atoms with Crippen molar-refractivity contribution >= 4 is 24.0 Å². The fourth-order valence-corrected chi connectivity index (χ4v) is 3.35. The molecule has 10 nitrogen and oxygen atoms in total. The van der Waals surface area contributed by atoms with Crippen molar-refractivity contribution < 1.29 is 9.18 Å². The Morgan fingerprint density at radius 1 is 1.21 bits per heavy atom. The van der Waals surface area contributed by atoms with E-state index in [9.17, 15) is 9.18 Å². The van der Waals surface area contributed by atoms with Crippen molar-refractivity contribution in [2.24, 2.45) is 0 Å². The first kappa shape index (κ1) is 20.8. The van der Waals surface area contributed by atoms with Gasteiger partial charge in [-0.05, 0) is 68.4 Å². The van der Waals surface area contributed by atoms with E-state index in [1.807, 2.05) is 11.6 Å². The summed E-state index contributed by atoms with van der Waals surface area (Å²) >= 11 is 0. The van der Waals surface area contributed by atoms with Crippen LogP contribution in [0.25, 0.3) is 5.69 Å². The molecule has 1 aromatic carbocycles. The second kappa shape index (κ2) is 8.62. The van der Waals surface area contributed by atoms with Gasteiger partial charge in [0, 0.05) is 5.69 Å². The van der Waals surface area contributed by atoms with E-state index >= 15 is 0 Å². The average molecular weight is 422 g/mol. The minimum Gasteiger partial charge on any atom is -0.320 e. The topological polar surface area (TPSA) is 115 Å². The number of tetrazole rings is 1. The lowest BCUT2D eigenvalue weighted by molar-refractivity contribution is 0.102. The van der Waals surface area contributed by atoms with Crippen LogP contribution >= 0.6 is 12.4 Å². The zero-order valence-corrected chi connectivity index (χ0v) is 16.8. The molecule has 0 aliphatic carbocycles. The Labute approximate surface area is 172 Å². The van der Waals surface area contributed by atoms with Gasteiger partial charge < -0.3 is 10.6 Å². The maximum atomic E-state index is 14.2. The fraction of sp³-hybridized carbons (Fsp3) is 0.412. The van der Waals surface area contributed by atoms with Gasteiger partial charge in [-0.2, -0.15) is 4.68 Å². The molecule has 0 unspecified atom stereocenters. The van der Waals surface area contributed by atoms with Crippen molar-refractivity contribution in [1.29, 1.82) is 0 Å². The van der Waals surface area contributed by atoms with Gasteiger partial charge in [0.25, 0.3) is 5.91 Å². The van der Waals surface area contributed by atoms with Gasteiger partial charge in [-0.3, -0.25) is 4.79 Å². The van der Waals surface area contributed by atoms with Gasteiger partial charge in [-0.25, -0.2) is 9.07 Å². The Morgan fingerprint density at radius 2 is 1.97 bits per heavy atom. The molecule has 3 aromatic rings. The predicted octanol–water partition coefficient (Wildman–Crippen LogP) is 1.61. The molecule has 2 aromatic heterocycles. The van der Waals surface area contributed by atoms with Crippen LogP contribution in [-0.4, -0.2) is 54.2 Å². The predicted molar refractivity (Wildman–Crippen MR) is 105 cm³/mol. The summed E-state index contributed by atoms with van der Waals surface area (Å²) < 4.78 is 17.3. The molecule has 2 N–H and O–H groups in total. The Hall–Kier alpha value is -2.92. The van der Waals surface area contributed by atoms with Crippen LogP contribution in [0.15, 0.2) is 18.2 Å². The fourth-order valence-electron chi connectivity index (χ4n) is 3.35. The third-order valence-electron chi connectivity index (χ3n) is 4.85. The zero-order valence-electron chi connectivity index (χ0n) is 16.0. The van der Waals surface area contributed by atoms with Crippen LogP contribution in [-0.2, 0) is 0 Å². The maximum absolute atomic E-state index is 14.2. The number of aromatic nitrogens is 7. The van der Waals surface area contributed by atoms with E-state index in [0.717, 1.165) is 25.9 Å². The van der Waals surface area contributed by atoms with Crippen molar-refractivity contribution in [3.63, 3.8) is 0 Å². The standard InChI is InChI=1S/C17H20FN9O.ClH/c1-10-16(22-24-26(10)13-5-7-19-8-6-13)17(28)20-12-3-4-14(18)15(9-12)27-11(2)21-23-25-27;/h3-4,9,13,19H,5-8H2,1-2H3,(H,20,28);1H. The van der Waals surface area contributed by atoms with Crippen molar-refractivity contribution in [2.45, 2.75) is 32.7 Å². The number of nitrogens with zero attached hydrogens (tertiary/aromatic N) is 7. The van der Waals surface area contributed by atoms with Crippen LogP contribution in [0.1, 0.15) is 40.9 Å². The lowest BCUT2D eigenvalue weighted by atomic mass is 10.1. The minimum absolute atomic E-state index is 0. The molecule has 29 heavy (non-hydrogen) atoms. The average Bonchev–Trinajstić information content (AvgIpc) is 3.29. The van der Waals surface area contributed by atoms with Crippen LogP contribution < -0.4 is 10.6 Å². The molecule has 4 rings (SSSR count). The first-order valence-electron chi connectivity index (χ1n) is 9.03. The number of carbonyl (C=O) groups excluding carboxylic acids is 1. The van der Waals surface area contributed by atoms with E-state index in [1.165, 1.54) is 22.9 Å². The summed E-state index contributed by atoms with van der Waals surface area (Å²) in [6, 6.07) is 4.44. The van der Waals surface area contributed by atoms with E-state index in [2.05, 4.69) is 36.5 Å². The maximum Gasteiger partial charge on any atom is 0.278 e. The number of piperidine rings is 1. The highest BCUT2D eigenvalue weighted by Crippen LogP contribution is 2.22. The summed E-state index contributed by atoms with van der Waals surface area (Å²) in [6.45, 7) is 5.32. The number of rotatable bonds is 4. The zero-order chi connectivity index (χ0) is 19.7.